The van der Waals surface area contributed by atoms with Crippen molar-refractivity contribution in [3.05, 3.63) is 0 Å². The molecule has 2 saturated heterocycles. The van der Waals surface area contributed by atoms with Gasteiger partial charge in [0.1, 0.15) is 6.29 Å². The van der Waals surface area contributed by atoms with Crippen molar-refractivity contribution in [1.29, 1.82) is 0 Å². The number of unbranched alkanes of at least 4 members (excludes halogenated alkanes) is 3. The summed E-state index contributed by atoms with van der Waals surface area (Å²) < 4.78 is 11.7. The van der Waals surface area contributed by atoms with Crippen molar-refractivity contribution in [2.24, 2.45) is 11.8 Å². The van der Waals surface area contributed by atoms with Gasteiger partial charge in [-0.1, -0.05) is 26.2 Å². The summed E-state index contributed by atoms with van der Waals surface area (Å²) in [5.74, 6) is 0.872. The number of fused-ring (bicyclic) bond motifs is 2. The molecule has 0 aliphatic carbocycles. The van der Waals surface area contributed by atoms with Gasteiger partial charge in [0, 0.05) is 18.9 Å². The van der Waals surface area contributed by atoms with Crippen LogP contribution in [-0.4, -0.2) is 31.7 Å². The predicted octanol–water partition coefficient (Wildman–Crippen LogP) is 2.97. The van der Waals surface area contributed by atoms with E-state index in [0.29, 0.717) is 30.5 Å². The number of carbonyl (C=O) groups is 1. The number of aldehydes is 1. The quantitative estimate of drug-likeness (QED) is 0.469. The van der Waals surface area contributed by atoms with Gasteiger partial charge in [-0.25, -0.2) is 0 Å². The van der Waals surface area contributed by atoms with Gasteiger partial charge in [-0.3, -0.25) is 0 Å². The second kappa shape index (κ2) is 7.25. The Labute approximate surface area is 110 Å². The van der Waals surface area contributed by atoms with E-state index >= 15 is 0 Å². The highest BCUT2D eigenvalue weighted by Gasteiger charge is 2.48. The molecule has 2 aliphatic heterocycles. The Hall–Kier alpha value is -0.410. The molecule has 104 valence electrons. The summed E-state index contributed by atoms with van der Waals surface area (Å²) in [4.78, 5) is 10.7. The Morgan fingerprint density at radius 1 is 1.17 bits per heavy atom. The van der Waals surface area contributed by atoms with Crippen LogP contribution in [0.25, 0.3) is 0 Å². The van der Waals surface area contributed by atoms with Crippen molar-refractivity contribution in [1.82, 2.24) is 0 Å². The zero-order chi connectivity index (χ0) is 12.8. The van der Waals surface area contributed by atoms with Crippen molar-refractivity contribution < 1.29 is 14.3 Å². The molecule has 2 rings (SSSR count). The van der Waals surface area contributed by atoms with Gasteiger partial charge in [-0.05, 0) is 25.2 Å². The summed E-state index contributed by atoms with van der Waals surface area (Å²) in [6, 6.07) is 0. The topological polar surface area (TPSA) is 35.5 Å². The molecule has 0 unspecified atom stereocenters. The largest absolute Gasteiger partial charge is 0.381 e. The van der Waals surface area contributed by atoms with Gasteiger partial charge in [-0.15, -0.1) is 0 Å². The van der Waals surface area contributed by atoms with E-state index in [0.717, 1.165) is 38.8 Å². The van der Waals surface area contributed by atoms with Crippen molar-refractivity contribution in [3.8, 4) is 0 Å². The Balaban J connectivity index is 1.66. The lowest BCUT2D eigenvalue weighted by molar-refractivity contribution is -0.109. The molecule has 2 bridgehead atoms. The Morgan fingerprint density at radius 3 is 2.67 bits per heavy atom. The SMILES string of the molecule is CCCCCCOC[C@H]1[C@@H](CC=O)[C@H]2CC[C@@H]1O2. The molecule has 2 aliphatic rings. The lowest BCUT2D eigenvalue weighted by atomic mass is 9.78. The minimum absolute atomic E-state index is 0.328. The monoisotopic (exact) mass is 254 g/mol. The van der Waals surface area contributed by atoms with E-state index in [4.69, 9.17) is 9.47 Å². The zero-order valence-corrected chi connectivity index (χ0v) is 11.5. The van der Waals surface area contributed by atoms with Crippen molar-refractivity contribution in [2.45, 2.75) is 64.1 Å². The van der Waals surface area contributed by atoms with Crippen LogP contribution < -0.4 is 0 Å². The lowest BCUT2D eigenvalue weighted by Crippen LogP contribution is -2.31. The first-order chi connectivity index (χ1) is 8.86. The maximum Gasteiger partial charge on any atom is 0.120 e. The highest BCUT2D eigenvalue weighted by Crippen LogP contribution is 2.44. The molecular formula is C15H26O3. The Kier molecular flexibility index (Phi) is 5.64. The van der Waals surface area contributed by atoms with Crippen LogP contribution in [0.15, 0.2) is 0 Å². The van der Waals surface area contributed by atoms with Gasteiger partial charge in [0.2, 0.25) is 0 Å². The van der Waals surface area contributed by atoms with Crippen LogP contribution in [0.2, 0.25) is 0 Å². The van der Waals surface area contributed by atoms with Gasteiger partial charge in [-0.2, -0.15) is 0 Å². The van der Waals surface area contributed by atoms with E-state index in [1.165, 1.54) is 19.3 Å². The molecule has 2 fully saturated rings. The summed E-state index contributed by atoms with van der Waals surface area (Å²) >= 11 is 0. The molecule has 2 heterocycles. The van der Waals surface area contributed by atoms with Crippen LogP contribution in [0, 0.1) is 11.8 Å². The predicted molar refractivity (Wildman–Crippen MR) is 70.5 cm³/mol. The van der Waals surface area contributed by atoms with Crippen LogP contribution in [-0.2, 0) is 14.3 Å². The lowest BCUT2D eigenvalue weighted by Gasteiger charge is -2.26. The second-order valence-corrected chi connectivity index (χ2v) is 5.66. The van der Waals surface area contributed by atoms with E-state index in [1.54, 1.807) is 0 Å². The van der Waals surface area contributed by atoms with Gasteiger partial charge in [0.05, 0.1) is 18.8 Å². The highest BCUT2D eigenvalue weighted by atomic mass is 16.5. The fourth-order valence-electron chi connectivity index (χ4n) is 3.39. The number of carbonyl (C=O) groups excluding carboxylic acids is 1. The molecule has 0 amide bonds. The van der Waals surface area contributed by atoms with Crippen molar-refractivity contribution in [3.63, 3.8) is 0 Å². The summed E-state index contributed by atoms with van der Waals surface area (Å²) in [7, 11) is 0. The van der Waals surface area contributed by atoms with Crippen LogP contribution in [0.3, 0.4) is 0 Å². The van der Waals surface area contributed by atoms with E-state index < -0.39 is 0 Å². The summed E-state index contributed by atoms with van der Waals surface area (Å²) in [6.07, 6.45) is 9.66. The van der Waals surface area contributed by atoms with Gasteiger partial charge in [0.15, 0.2) is 0 Å². The molecule has 3 nitrogen and oxygen atoms in total. The molecule has 3 heteroatoms. The molecule has 0 aromatic heterocycles. The fourth-order valence-corrected chi connectivity index (χ4v) is 3.39. The third kappa shape index (κ3) is 3.33. The van der Waals surface area contributed by atoms with Crippen LogP contribution in [0.5, 0.6) is 0 Å². The standard InChI is InChI=1S/C15H26O3/c1-2-3-4-5-10-17-11-13-12(8-9-16)14-6-7-15(13)18-14/h9,12-15H,2-8,10-11H2,1H3/t12-,13+,14-,15+/m1/s1. The minimum atomic E-state index is 0.328. The number of hydrogen-bond donors (Lipinski definition) is 0. The molecular weight excluding hydrogens is 228 g/mol. The van der Waals surface area contributed by atoms with Crippen LogP contribution >= 0.6 is 0 Å². The van der Waals surface area contributed by atoms with Crippen molar-refractivity contribution >= 4 is 6.29 Å². The van der Waals surface area contributed by atoms with Crippen molar-refractivity contribution in [2.75, 3.05) is 13.2 Å². The van der Waals surface area contributed by atoms with E-state index in [2.05, 4.69) is 6.92 Å². The van der Waals surface area contributed by atoms with E-state index in [-0.39, 0.29) is 0 Å². The smallest absolute Gasteiger partial charge is 0.120 e. The maximum atomic E-state index is 10.7. The van der Waals surface area contributed by atoms with E-state index in [1.807, 2.05) is 0 Å². The number of hydrogen-bond acceptors (Lipinski definition) is 3. The first kappa shape index (κ1) is 14.0. The summed E-state index contributed by atoms with van der Waals surface area (Å²) in [5, 5.41) is 0. The minimum Gasteiger partial charge on any atom is -0.381 e. The average Bonchev–Trinajstić information content (AvgIpc) is 2.96. The zero-order valence-electron chi connectivity index (χ0n) is 11.5. The molecule has 0 N–H and O–H groups in total. The first-order valence-corrected chi connectivity index (χ1v) is 7.53. The average molecular weight is 254 g/mol. The maximum absolute atomic E-state index is 10.7. The van der Waals surface area contributed by atoms with Gasteiger partial charge < -0.3 is 14.3 Å². The normalized spacial score (nSPS) is 34.1. The third-order valence-electron chi connectivity index (χ3n) is 4.41. The molecule has 4 atom stereocenters. The van der Waals surface area contributed by atoms with Gasteiger partial charge in [0.25, 0.3) is 0 Å². The highest BCUT2D eigenvalue weighted by molar-refractivity contribution is 5.50. The molecule has 0 aromatic rings. The van der Waals surface area contributed by atoms with E-state index in [9.17, 15) is 4.79 Å². The van der Waals surface area contributed by atoms with Gasteiger partial charge >= 0.3 is 0 Å². The number of ether oxygens (including phenoxy) is 2. The molecule has 0 aromatic carbocycles. The summed E-state index contributed by atoms with van der Waals surface area (Å²) in [5.41, 5.74) is 0. The Morgan fingerprint density at radius 2 is 1.94 bits per heavy atom. The summed E-state index contributed by atoms with van der Waals surface area (Å²) in [6.45, 7) is 3.87. The Bertz CT molecular complexity index is 254. The second-order valence-electron chi connectivity index (χ2n) is 5.66. The third-order valence-corrected chi connectivity index (χ3v) is 4.41. The fraction of sp³-hybridized carbons (Fsp3) is 0.933. The first-order valence-electron chi connectivity index (χ1n) is 7.53. The molecule has 0 saturated carbocycles. The molecule has 0 radical (unpaired) electrons. The van der Waals surface area contributed by atoms with Crippen LogP contribution in [0.4, 0.5) is 0 Å². The molecule has 0 spiro atoms. The number of rotatable bonds is 9. The van der Waals surface area contributed by atoms with Crippen LogP contribution in [0.1, 0.15) is 51.9 Å². The molecule has 18 heavy (non-hydrogen) atoms.